The van der Waals surface area contributed by atoms with E-state index in [0.29, 0.717) is 0 Å². The van der Waals surface area contributed by atoms with Gasteiger partial charge in [-0.3, -0.25) is 4.98 Å². The molecule has 2 heterocycles. The SMILES string of the molecule is CCc1nccnc1N1CCC(C)CC1. The molecule has 1 aromatic rings. The highest BCUT2D eigenvalue weighted by atomic mass is 15.2. The maximum absolute atomic E-state index is 4.46. The first-order valence-electron chi connectivity index (χ1n) is 5.86. The Kier molecular flexibility index (Phi) is 3.19. The van der Waals surface area contributed by atoms with Gasteiger partial charge >= 0.3 is 0 Å². The molecule has 0 spiro atoms. The fourth-order valence-electron chi connectivity index (χ4n) is 2.09. The van der Waals surface area contributed by atoms with E-state index in [0.717, 1.165) is 36.9 Å². The average Bonchev–Trinajstić information content (AvgIpc) is 2.30. The van der Waals surface area contributed by atoms with Crippen molar-refractivity contribution in [2.24, 2.45) is 5.92 Å². The van der Waals surface area contributed by atoms with E-state index in [1.54, 1.807) is 12.4 Å². The molecule has 0 aliphatic carbocycles. The predicted molar refractivity (Wildman–Crippen MR) is 62.0 cm³/mol. The first-order chi connectivity index (χ1) is 7.31. The van der Waals surface area contributed by atoms with Crippen LogP contribution in [-0.4, -0.2) is 23.1 Å². The van der Waals surface area contributed by atoms with Crippen LogP contribution in [0.2, 0.25) is 0 Å². The largest absolute Gasteiger partial charge is 0.355 e. The molecular formula is C12H19N3. The predicted octanol–water partition coefficient (Wildman–Crippen LogP) is 2.28. The molecule has 1 fully saturated rings. The smallest absolute Gasteiger partial charge is 0.150 e. The summed E-state index contributed by atoms with van der Waals surface area (Å²) >= 11 is 0. The van der Waals surface area contributed by atoms with Crippen molar-refractivity contribution in [1.29, 1.82) is 0 Å². The molecule has 0 N–H and O–H groups in total. The number of piperidine rings is 1. The van der Waals surface area contributed by atoms with Gasteiger partial charge in [-0.15, -0.1) is 0 Å². The van der Waals surface area contributed by atoms with Gasteiger partial charge in [-0.1, -0.05) is 13.8 Å². The van der Waals surface area contributed by atoms with Gasteiger partial charge in [0.1, 0.15) is 5.82 Å². The van der Waals surface area contributed by atoms with Gasteiger partial charge in [-0.05, 0) is 25.2 Å². The van der Waals surface area contributed by atoms with E-state index in [4.69, 9.17) is 0 Å². The Morgan fingerprint density at radius 2 is 1.93 bits per heavy atom. The maximum Gasteiger partial charge on any atom is 0.150 e. The standard InChI is InChI=1S/C12H19N3/c1-3-11-12(14-7-6-13-11)15-8-4-10(2)5-9-15/h6-7,10H,3-5,8-9H2,1-2H3. The summed E-state index contributed by atoms with van der Waals surface area (Å²) in [5.41, 5.74) is 1.13. The number of hydrogen-bond donors (Lipinski definition) is 0. The summed E-state index contributed by atoms with van der Waals surface area (Å²) in [5, 5.41) is 0. The number of aryl methyl sites for hydroxylation is 1. The van der Waals surface area contributed by atoms with Crippen LogP contribution in [0.4, 0.5) is 5.82 Å². The quantitative estimate of drug-likeness (QED) is 0.741. The highest BCUT2D eigenvalue weighted by molar-refractivity contribution is 5.43. The third-order valence-corrected chi connectivity index (χ3v) is 3.17. The Morgan fingerprint density at radius 3 is 2.60 bits per heavy atom. The molecule has 1 aliphatic rings. The van der Waals surface area contributed by atoms with Crippen molar-refractivity contribution in [3.63, 3.8) is 0 Å². The van der Waals surface area contributed by atoms with Gasteiger partial charge in [0.05, 0.1) is 5.69 Å². The summed E-state index contributed by atoms with van der Waals surface area (Å²) in [6, 6.07) is 0. The molecule has 0 aromatic carbocycles. The van der Waals surface area contributed by atoms with Gasteiger partial charge in [0.2, 0.25) is 0 Å². The van der Waals surface area contributed by atoms with Gasteiger partial charge in [0.15, 0.2) is 0 Å². The van der Waals surface area contributed by atoms with Crippen LogP contribution in [0.3, 0.4) is 0 Å². The van der Waals surface area contributed by atoms with Gasteiger partial charge in [0, 0.05) is 25.5 Å². The van der Waals surface area contributed by atoms with Crippen molar-refractivity contribution in [2.75, 3.05) is 18.0 Å². The van der Waals surface area contributed by atoms with E-state index in [1.165, 1.54) is 12.8 Å². The van der Waals surface area contributed by atoms with Crippen molar-refractivity contribution in [1.82, 2.24) is 9.97 Å². The number of nitrogens with zero attached hydrogens (tertiary/aromatic N) is 3. The molecule has 0 radical (unpaired) electrons. The third-order valence-electron chi connectivity index (χ3n) is 3.17. The lowest BCUT2D eigenvalue weighted by molar-refractivity contribution is 0.435. The molecule has 3 nitrogen and oxygen atoms in total. The summed E-state index contributed by atoms with van der Waals surface area (Å²) < 4.78 is 0. The topological polar surface area (TPSA) is 29.0 Å². The van der Waals surface area contributed by atoms with Crippen molar-refractivity contribution in [3.05, 3.63) is 18.1 Å². The molecule has 0 amide bonds. The Morgan fingerprint density at radius 1 is 1.27 bits per heavy atom. The zero-order chi connectivity index (χ0) is 10.7. The highest BCUT2D eigenvalue weighted by Crippen LogP contribution is 2.23. The van der Waals surface area contributed by atoms with Crippen molar-refractivity contribution < 1.29 is 0 Å². The maximum atomic E-state index is 4.46. The Balaban J connectivity index is 2.15. The van der Waals surface area contributed by atoms with E-state index in [9.17, 15) is 0 Å². The molecule has 1 saturated heterocycles. The normalized spacial score (nSPS) is 18.1. The molecule has 0 atom stereocenters. The van der Waals surface area contributed by atoms with E-state index in [-0.39, 0.29) is 0 Å². The molecular weight excluding hydrogens is 186 g/mol. The summed E-state index contributed by atoms with van der Waals surface area (Å²) in [4.78, 5) is 11.2. The lowest BCUT2D eigenvalue weighted by atomic mass is 9.99. The summed E-state index contributed by atoms with van der Waals surface area (Å²) in [6.07, 6.45) is 7.11. The lowest BCUT2D eigenvalue weighted by Gasteiger charge is -2.31. The summed E-state index contributed by atoms with van der Waals surface area (Å²) in [7, 11) is 0. The van der Waals surface area contributed by atoms with E-state index in [1.807, 2.05) is 0 Å². The number of hydrogen-bond acceptors (Lipinski definition) is 3. The van der Waals surface area contributed by atoms with Crippen LogP contribution >= 0.6 is 0 Å². The van der Waals surface area contributed by atoms with E-state index >= 15 is 0 Å². The van der Waals surface area contributed by atoms with Crippen LogP contribution in [0.5, 0.6) is 0 Å². The Bertz CT molecular complexity index is 316. The first-order valence-corrected chi connectivity index (χ1v) is 5.86. The Labute approximate surface area is 91.5 Å². The van der Waals surface area contributed by atoms with E-state index < -0.39 is 0 Å². The fourth-order valence-corrected chi connectivity index (χ4v) is 2.09. The molecule has 0 bridgehead atoms. The number of rotatable bonds is 2. The Hall–Kier alpha value is -1.12. The summed E-state index contributed by atoms with van der Waals surface area (Å²) in [6.45, 7) is 6.73. The zero-order valence-corrected chi connectivity index (χ0v) is 9.61. The van der Waals surface area contributed by atoms with Crippen LogP contribution < -0.4 is 4.90 Å². The molecule has 82 valence electrons. The van der Waals surface area contributed by atoms with Crippen molar-refractivity contribution in [2.45, 2.75) is 33.1 Å². The first kappa shape index (κ1) is 10.4. The molecule has 3 heteroatoms. The molecule has 1 aliphatic heterocycles. The number of aromatic nitrogens is 2. The molecule has 1 aromatic heterocycles. The minimum absolute atomic E-state index is 0.864. The zero-order valence-electron chi connectivity index (χ0n) is 9.61. The van der Waals surface area contributed by atoms with Gasteiger partial charge < -0.3 is 4.90 Å². The molecule has 2 rings (SSSR count). The monoisotopic (exact) mass is 205 g/mol. The van der Waals surface area contributed by atoms with Crippen LogP contribution in [0.25, 0.3) is 0 Å². The minimum atomic E-state index is 0.864. The fraction of sp³-hybridized carbons (Fsp3) is 0.667. The second-order valence-electron chi connectivity index (χ2n) is 4.35. The molecule has 0 unspecified atom stereocenters. The lowest BCUT2D eigenvalue weighted by Crippen LogP contribution is -2.34. The highest BCUT2D eigenvalue weighted by Gasteiger charge is 2.18. The third kappa shape index (κ3) is 2.28. The molecule has 0 saturated carbocycles. The van der Waals surface area contributed by atoms with Crippen LogP contribution in [-0.2, 0) is 6.42 Å². The van der Waals surface area contributed by atoms with Crippen LogP contribution in [0.15, 0.2) is 12.4 Å². The number of anilines is 1. The van der Waals surface area contributed by atoms with Gasteiger partial charge in [0.25, 0.3) is 0 Å². The second kappa shape index (κ2) is 4.60. The van der Waals surface area contributed by atoms with Crippen molar-refractivity contribution in [3.8, 4) is 0 Å². The van der Waals surface area contributed by atoms with Gasteiger partial charge in [-0.2, -0.15) is 0 Å². The second-order valence-corrected chi connectivity index (χ2v) is 4.35. The van der Waals surface area contributed by atoms with Gasteiger partial charge in [-0.25, -0.2) is 4.98 Å². The average molecular weight is 205 g/mol. The minimum Gasteiger partial charge on any atom is -0.355 e. The van der Waals surface area contributed by atoms with E-state index in [2.05, 4.69) is 28.7 Å². The van der Waals surface area contributed by atoms with Crippen molar-refractivity contribution >= 4 is 5.82 Å². The van der Waals surface area contributed by atoms with Crippen LogP contribution in [0, 0.1) is 5.92 Å². The molecule has 15 heavy (non-hydrogen) atoms. The van der Waals surface area contributed by atoms with Crippen LogP contribution in [0.1, 0.15) is 32.4 Å². The summed E-state index contributed by atoms with van der Waals surface area (Å²) in [5.74, 6) is 1.97.